The predicted molar refractivity (Wildman–Crippen MR) is 151 cm³/mol. The van der Waals surface area contributed by atoms with Gasteiger partial charge in [0, 0.05) is 37.8 Å². The number of hydrogen-bond donors (Lipinski definition) is 4. The number of carbonyl (C=O) groups excluding carboxylic acids is 1. The molecule has 3 heterocycles. The zero-order chi connectivity index (χ0) is 27.8. The van der Waals surface area contributed by atoms with E-state index in [-0.39, 0.29) is 28.3 Å². The summed E-state index contributed by atoms with van der Waals surface area (Å²) in [6.45, 7) is 2.51. The lowest BCUT2D eigenvalue weighted by Crippen LogP contribution is -2.42. The lowest BCUT2D eigenvalue weighted by atomic mass is 10.0. The van der Waals surface area contributed by atoms with Crippen LogP contribution in [-0.2, 0) is 4.74 Å². The van der Waals surface area contributed by atoms with E-state index in [1.807, 2.05) is 36.4 Å². The van der Waals surface area contributed by atoms with E-state index < -0.39 is 17.2 Å². The van der Waals surface area contributed by atoms with Gasteiger partial charge in [-0.25, -0.2) is 4.39 Å². The Bertz CT molecular complexity index is 1710. The second-order valence-corrected chi connectivity index (χ2v) is 9.81. The Labute approximate surface area is 229 Å². The minimum atomic E-state index is -0.645. The number of nitrogens with two attached hydrogens (primary N) is 1. The average Bonchev–Trinajstić information content (AvgIpc) is 2.97. The largest absolute Gasteiger partial charge is 0.451 e. The standard InChI is InChI=1S/C29H29FN6O4/c30-21-15-19-25-27(23(21)33-9-3-4-10-34-29(31)32)40-22-8-7-17-5-1-2-6-18(17)24(22)36(25)16-20(26(19)37)28(38)35-11-13-39-14-12-35/h1-2,5-8,15-16,33H,3-4,9-14H2,(H4,31,32,34). The molecule has 11 heteroatoms. The third-order valence-corrected chi connectivity index (χ3v) is 7.26. The van der Waals surface area contributed by atoms with Crippen LogP contribution in [0.5, 0.6) is 11.5 Å². The molecule has 5 N–H and O–H groups in total. The Balaban J connectivity index is 1.50. The van der Waals surface area contributed by atoms with Crippen LogP contribution in [0.4, 0.5) is 10.1 Å². The highest BCUT2D eigenvalue weighted by Gasteiger charge is 2.31. The van der Waals surface area contributed by atoms with Gasteiger partial charge in [0.05, 0.1) is 24.3 Å². The van der Waals surface area contributed by atoms with Gasteiger partial charge in [-0.1, -0.05) is 30.3 Å². The second-order valence-electron chi connectivity index (χ2n) is 9.81. The number of halogens is 1. The number of benzene rings is 3. The highest BCUT2D eigenvalue weighted by Crippen LogP contribution is 2.47. The summed E-state index contributed by atoms with van der Waals surface area (Å²) in [6, 6.07) is 12.7. The molecule has 2 aliphatic rings. The van der Waals surface area contributed by atoms with Gasteiger partial charge in [0.15, 0.2) is 23.3 Å². The van der Waals surface area contributed by atoms with Crippen LogP contribution in [0.1, 0.15) is 23.2 Å². The van der Waals surface area contributed by atoms with Crippen molar-refractivity contribution in [1.82, 2.24) is 14.8 Å². The summed E-state index contributed by atoms with van der Waals surface area (Å²) >= 11 is 0. The Hall–Kier alpha value is -4.64. The number of carbonyl (C=O) groups is 1. The Morgan fingerprint density at radius 1 is 1.07 bits per heavy atom. The number of guanidine groups is 1. The van der Waals surface area contributed by atoms with E-state index in [9.17, 15) is 9.59 Å². The zero-order valence-corrected chi connectivity index (χ0v) is 21.8. The predicted octanol–water partition coefficient (Wildman–Crippen LogP) is 3.54. The van der Waals surface area contributed by atoms with Crippen molar-refractivity contribution in [2.45, 2.75) is 12.8 Å². The van der Waals surface area contributed by atoms with E-state index in [4.69, 9.17) is 20.6 Å². The SMILES string of the molecule is N=C(N)NCCCCNc1c(F)cc2c(=O)c(C(=O)N3CCOCC3)cn3c2c1Oc1ccc2ccccc2c1-3. The van der Waals surface area contributed by atoms with Crippen molar-refractivity contribution in [2.75, 3.05) is 44.7 Å². The molecular formula is C29H29FN6O4. The molecule has 1 amide bonds. The van der Waals surface area contributed by atoms with Crippen molar-refractivity contribution in [2.24, 2.45) is 5.73 Å². The van der Waals surface area contributed by atoms with Crippen molar-refractivity contribution < 1.29 is 18.7 Å². The summed E-state index contributed by atoms with van der Waals surface area (Å²) in [5, 5.41) is 15.0. The van der Waals surface area contributed by atoms with Gasteiger partial charge in [-0.15, -0.1) is 0 Å². The first-order valence-electron chi connectivity index (χ1n) is 13.2. The molecule has 206 valence electrons. The molecule has 0 aliphatic carbocycles. The maximum Gasteiger partial charge on any atom is 0.259 e. The third kappa shape index (κ3) is 4.47. The number of pyridine rings is 1. The normalized spacial score (nSPS) is 14.1. The monoisotopic (exact) mass is 544 g/mol. The summed E-state index contributed by atoms with van der Waals surface area (Å²) in [4.78, 5) is 28.8. The van der Waals surface area contributed by atoms with Gasteiger partial charge >= 0.3 is 0 Å². The number of unbranched alkanes of at least 4 members (excludes halogenated alkanes) is 1. The molecule has 4 aromatic rings. The molecule has 1 aromatic heterocycles. The number of hydrogen-bond acceptors (Lipinski definition) is 6. The van der Waals surface area contributed by atoms with E-state index in [2.05, 4.69) is 10.6 Å². The maximum atomic E-state index is 15.6. The first-order chi connectivity index (χ1) is 19.4. The molecule has 1 saturated heterocycles. The fourth-order valence-corrected chi connectivity index (χ4v) is 5.32. The smallest absolute Gasteiger partial charge is 0.259 e. The van der Waals surface area contributed by atoms with Crippen LogP contribution in [0.2, 0.25) is 0 Å². The van der Waals surface area contributed by atoms with Crippen LogP contribution in [0.25, 0.3) is 27.4 Å². The van der Waals surface area contributed by atoms with E-state index in [0.717, 1.165) is 10.8 Å². The highest BCUT2D eigenvalue weighted by molar-refractivity contribution is 6.04. The average molecular weight is 545 g/mol. The molecule has 0 saturated carbocycles. The highest BCUT2D eigenvalue weighted by atomic mass is 19.1. The van der Waals surface area contributed by atoms with Crippen molar-refractivity contribution >= 4 is 39.2 Å². The molecule has 3 aromatic carbocycles. The van der Waals surface area contributed by atoms with E-state index >= 15 is 4.39 Å². The van der Waals surface area contributed by atoms with Gasteiger partial charge in [0.1, 0.15) is 16.8 Å². The van der Waals surface area contributed by atoms with Gasteiger partial charge in [-0.3, -0.25) is 15.0 Å². The van der Waals surface area contributed by atoms with Crippen LogP contribution in [-0.4, -0.2) is 60.7 Å². The first kappa shape index (κ1) is 25.6. The number of fused-ring (bicyclic) bond motifs is 4. The Morgan fingerprint density at radius 2 is 1.85 bits per heavy atom. The van der Waals surface area contributed by atoms with E-state index in [1.54, 1.807) is 15.7 Å². The van der Waals surface area contributed by atoms with Crippen LogP contribution < -0.4 is 26.5 Å². The van der Waals surface area contributed by atoms with Gasteiger partial charge in [-0.05, 0) is 30.4 Å². The third-order valence-electron chi connectivity index (χ3n) is 7.26. The van der Waals surface area contributed by atoms with Crippen molar-refractivity contribution in [3.05, 3.63) is 70.3 Å². The molecule has 0 bridgehead atoms. The number of nitrogens with zero attached hydrogens (tertiary/aromatic N) is 2. The second kappa shape index (κ2) is 10.5. The summed E-state index contributed by atoms with van der Waals surface area (Å²) in [5.41, 5.74) is 5.97. The fourth-order valence-electron chi connectivity index (χ4n) is 5.32. The molecule has 2 aliphatic heterocycles. The van der Waals surface area contributed by atoms with Crippen molar-refractivity contribution in [3.63, 3.8) is 0 Å². The molecule has 6 rings (SSSR count). The molecule has 40 heavy (non-hydrogen) atoms. The minimum absolute atomic E-state index is 0.0285. The molecule has 1 fully saturated rings. The number of aromatic nitrogens is 1. The molecule has 0 spiro atoms. The Morgan fingerprint density at radius 3 is 2.65 bits per heavy atom. The van der Waals surface area contributed by atoms with Crippen LogP contribution >= 0.6 is 0 Å². The molecule has 0 radical (unpaired) electrons. The summed E-state index contributed by atoms with van der Waals surface area (Å²) < 4.78 is 29.1. The number of rotatable bonds is 7. The quantitative estimate of drug-likeness (QED) is 0.140. The van der Waals surface area contributed by atoms with Gasteiger partial charge in [0.2, 0.25) is 5.43 Å². The summed E-state index contributed by atoms with van der Waals surface area (Å²) in [7, 11) is 0. The van der Waals surface area contributed by atoms with Crippen LogP contribution in [0.3, 0.4) is 0 Å². The van der Waals surface area contributed by atoms with Crippen LogP contribution in [0, 0.1) is 11.2 Å². The lowest BCUT2D eigenvalue weighted by molar-refractivity contribution is 0.0302. The Kier molecular flexibility index (Phi) is 6.72. The summed E-state index contributed by atoms with van der Waals surface area (Å²) in [5.74, 6) is -0.465. The van der Waals surface area contributed by atoms with E-state index in [1.165, 1.54) is 6.07 Å². The summed E-state index contributed by atoms with van der Waals surface area (Å²) in [6.07, 6.45) is 2.96. The molecule has 0 unspecified atom stereocenters. The van der Waals surface area contributed by atoms with Gasteiger partial charge < -0.3 is 35.3 Å². The van der Waals surface area contributed by atoms with E-state index in [0.29, 0.717) is 69.2 Å². The number of nitrogens with one attached hydrogen (secondary N) is 3. The fraction of sp³-hybridized carbons (Fsp3) is 0.276. The minimum Gasteiger partial charge on any atom is -0.451 e. The number of anilines is 1. The van der Waals surface area contributed by atoms with Gasteiger partial charge in [-0.2, -0.15) is 0 Å². The number of amides is 1. The molecular weight excluding hydrogens is 515 g/mol. The molecule has 0 atom stereocenters. The zero-order valence-electron chi connectivity index (χ0n) is 21.8. The number of morpholine rings is 1. The first-order valence-corrected chi connectivity index (χ1v) is 13.2. The topological polar surface area (TPSA) is 135 Å². The van der Waals surface area contributed by atoms with Gasteiger partial charge in [0.25, 0.3) is 5.91 Å². The van der Waals surface area contributed by atoms with Crippen molar-refractivity contribution in [1.29, 1.82) is 5.41 Å². The van der Waals surface area contributed by atoms with Crippen molar-refractivity contribution in [3.8, 4) is 17.2 Å². The lowest BCUT2D eigenvalue weighted by Gasteiger charge is -2.29. The maximum absolute atomic E-state index is 15.6. The molecule has 10 nitrogen and oxygen atoms in total. The number of ether oxygens (including phenoxy) is 2. The van der Waals surface area contributed by atoms with Crippen LogP contribution in [0.15, 0.2) is 53.5 Å².